The Bertz CT molecular complexity index is 280. The fraction of sp³-hybridized carbons (Fsp3) is 0.500. The molecule has 0 aliphatic rings. The van der Waals surface area contributed by atoms with Crippen LogP contribution in [-0.2, 0) is 6.54 Å². The van der Waals surface area contributed by atoms with Crippen LogP contribution in [0, 0.1) is 0 Å². The molecular formula is C10H16N2O2. The lowest BCUT2D eigenvalue weighted by Crippen LogP contribution is -2.38. The highest BCUT2D eigenvalue weighted by atomic mass is 16.3. The maximum atomic E-state index is 11.6. The van der Waals surface area contributed by atoms with E-state index in [9.17, 15) is 4.79 Å². The minimum Gasteiger partial charge on any atom is -0.467 e. The summed E-state index contributed by atoms with van der Waals surface area (Å²) in [6.07, 6.45) is 1.61. The quantitative estimate of drug-likeness (QED) is 0.739. The van der Waals surface area contributed by atoms with Crippen molar-refractivity contribution in [1.29, 1.82) is 0 Å². The Kier molecular flexibility index (Phi) is 3.56. The van der Waals surface area contributed by atoms with E-state index in [0.717, 1.165) is 5.76 Å². The van der Waals surface area contributed by atoms with Crippen LogP contribution in [0.5, 0.6) is 0 Å². The van der Waals surface area contributed by atoms with Gasteiger partial charge in [0.15, 0.2) is 0 Å². The Morgan fingerprint density at radius 3 is 2.64 bits per heavy atom. The first-order valence-electron chi connectivity index (χ1n) is 4.63. The Morgan fingerprint density at radius 1 is 1.50 bits per heavy atom. The van der Waals surface area contributed by atoms with E-state index in [1.54, 1.807) is 30.2 Å². The first-order valence-corrected chi connectivity index (χ1v) is 4.63. The minimum absolute atomic E-state index is 0.00361. The van der Waals surface area contributed by atoms with Gasteiger partial charge in [0.2, 0.25) is 0 Å². The van der Waals surface area contributed by atoms with Crippen LogP contribution >= 0.6 is 0 Å². The van der Waals surface area contributed by atoms with E-state index in [2.05, 4.69) is 0 Å². The largest absolute Gasteiger partial charge is 0.467 e. The molecule has 1 rings (SSSR count). The molecular weight excluding hydrogens is 180 g/mol. The van der Waals surface area contributed by atoms with Crippen LogP contribution in [-0.4, -0.2) is 36.5 Å². The van der Waals surface area contributed by atoms with E-state index in [-0.39, 0.29) is 6.03 Å². The summed E-state index contributed by atoms with van der Waals surface area (Å²) in [7, 11) is 3.49. The Balaban J connectivity index is 2.60. The molecule has 0 aromatic carbocycles. The van der Waals surface area contributed by atoms with Gasteiger partial charge < -0.3 is 14.2 Å². The summed E-state index contributed by atoms with van der Waals surface area (Å²) in [6, 6.07) is 3.69. The summed E-state index contributed by atoms with van der Waals surface area (Å²) in [5.41, 5.74) is 0. The lowest BCUT2D eigenvalue weighted by molar-refractivity contribution is 0.167. The number of rotatable bonds is 3. The molecule has 1 heterocycles. The Morgan fingerprint density at radius 2 is 2.21 bits per heavy atom. The van der Waals surface area contributed by atoms with Crippen LogP contribution in [0.15, 0.2) is 22.8 Å². The van der Waals surface area contributed by atoms with Gasteiger partial charge in [-0.05, 0) is 19.1 Å². The van der Waals surface area contributed by atoms with Crippen molar-refractivity contribution in [2.45, 2.75) is 13.5 Å². The van der Waals surface area contributed by atoms with E-state index >= 15 is 0 Å². The molecule has 0 N–H and O–H groups in total. The third-order valence-electron chi connectivity index (χ3n) is 1.96. The molecule has 4 nitrogen and oxygen atoms in total. The first-order chi connectivity index (χ1) is 6.65. The van der Waals surface area contributed by atoms with Crippen LogP contribution in [0.3, 0.4) is 0 Å². The van der Waals surface area contributed by atoms with Crippen LogP contribution < -0.4 is 0 Å². The Labute approximate surface area is 84.1 Å². The number of furan rings is 1. The smallest absolute Gasteiger partial charge is 0.319 e. The van der Waals surface area contributed by atoms with Crippen molar-refractivity contribution < 1.29 is 9.21 Å². The van der Waals surface area contributed by atoms with Crippen LogP contribution in [0.1, 0.15) is 12.7 Å². The molecule has 14 heavy (non-hydrogen) atoms. The topological polar surface area (TPSA) is 36.7 Å². The van der Waals surface area contributed by atoms with Gasteiger partial charge in [-0.25, -0.2) is 4.79 Å². The van der Waals surface area contributed by atoms with Crippen molar-refractivity contribution in [1.82, 2.24) is 9.80 Å². The number of carbonyl (C=O) groups is 1. The fourth-order valence-corrected chi connectivity index (χ4v) is 1.19. The first kappa shape index (κ1) is 10.6. The SMILES string of the molecule is CCN(Cc1ccco1)C(=O)N(C)C. The number of hydrogen-bond donors (Lipinski definition) is 0. The fourth-order valence-electron chi connectivity index (χ4n) is 1.19. The maximum Gasteiger partial charge on any atom is 0.319 e. The highest BCUT2D eigenvalue weighted by molar-refractivity contribution is 5.73. The molecule has 0 radical (unpaired) electrons. The van der Waals surface area contributed by atoms with Crippen molar-refractivity contribution in [3.05, 3.63) is 24.2 Å². The van der Waals surface area contributed by atoms with Gasteiger partial charge >= 0.3 is 6.03 Å². The second-order valence-electron chi connectivity index (χ2n) is 3.27. The van der Waals surface area contributed by atoms with Gasteiger partial charge in [0.1, 0.15) is 5.76 Å². The van der Waals surface area contributed by atoms with Gasteiger partial charge in [-0.3, -0.25) is 0 Å². The van der Waals surface area contributed by atoms with Gasteiger partial charge in [-0.15, -0.1) is 0 Å². The molecule has 0 aliphatic heterocycles. The second kappa shape index (κ2) is 4.69. The van der Waals surface area contributed by atoms with Crippen molar-refractivity contribution in [3.63, 3.8) is 0 Å². The van der Waals surface area contributed by atoms with Gasteiger partial charge in [-0.2, -0.15) is 0 Å². The zero-order valence-electron chi connectivity index (χ0n) is 8.86. The lowest BCUT2D eigenvalue weighted by atomic mass is 10.4. The predicted octanol–water partition coefficient (Wildman–Crippen LogP) is 1.78. The average Bonchev–Trinajstić information content (AvgIpc) is 2.65. The van der Waals surface area contributed by atoms with Crippen molar-refractivity contribution in [2.75, 3.05) is 20.6 Å². The van der Waals surface area contributed by atoms with Crippen LogP contribution in [0.4, 0.5) is 4.79 Å². The molecule has 2 amide bonds. The molecule has 0 bridgehead atoms. The van der Waals surface area contributed by atoms with Crippen molar-refractivity contribution in [2.24, 2.45) is 0 Å². The van der Waals surface area contributed by atoms with Gasteiger partial charge in [0.05, 0.1) is 12.8 Å². The normalized spacial score (nSPS) is 9.93. The summed E-state index contributed by atoms with van der Waals surface area (Å²) in [5, 5.41) is 0. The number of nitrogens with zero attached hydrogens (tertiary/aromatic N) is 2. The molecule has 0 saturated heterocycles. The molecule has 0 fully saturated rings. The van der Waals surface area contributed by atoms with Crippen molar-refractivity contribution in [3.8, 4) is 0 Å². The average molecular weight is 196 g/mol. The molecule has 78 valence electrons. The van der Waals surface area contributed by atoms with Crippen LogP contribution in [0.2, 0.25) is 0 Å². The number of urea groups is 1. The van der Waals surface area contributed by atoms with Crippen LogP contribution in [0.25, 0.3) is 0 Å². The van der Waals surface area contributed by atoms with Gasteiger partial charge in [-0.1, -0.05) is 0 Å². The maximum absolute atomic E-state index is 11.6. The standard InChI is InChI=1S/C10H16N2O2/c1-4-12(10(13)11(2)3)8-9-6-5-7-14-9/h5-7H,4,8H2,1-3H3. The van der Waals surface area contributed by atoms with Crippen molar-refractivity contribution >= 4 is 6.03 Å². The molecule has 1 aromatic heterocycles. The molecule has 0 aliphatic carbocycles. The lowest BCUT2D eigenvalue weighted by Gasteiger charge is -2.23. The summed E-state index contributed by atoms with van der Waals surface area (Å²) in [6.45, 7) is 3.16. The van der Waals surface area contributed by atoms with E-state index in [4.69, 9.17) is 4.42 Å². The highest BCUT2D eigenvalue weighted by Crippen LogP contribution is 2.06. The monoisotopic (exact) mass is 196 g/mol. The molecule has 0 atom stereocenters. The summed E-state index contributed by atoms with van der Waals surface area (Å²) < 4.78 is 5.18. The summed E-state index contributed by atoms with van der Waals surface area (Å²) in [5.74, 6) is 0.807. The zero-order chi connectivity index (χ0) is 10.6. The van der Waals surface area contributed by atoms with Gasteiger partial charge in [0.25, 0.3) is 0 Å². The molecule has 0 unspecified atom stereocenters. The Hall–Kier alpha value is -1.45. The molecule has 0 spiro atoms. The van der Waals surface area contributed by atoms with E-state index in [1.165, 1.54) is 0 Å². The van der Waals surface area contributed by atoms with E-state index in [0.29, 0.717) is 13.1 Å². The number of carbonyl (C=O) groups excluding carboxylic acids is 1. The third-order valence-corrected chi connectivity index (χ3v) is 1.96. The molecule has 0 saturated carbocycles. The molecule has 1 aromatic rings. The second-order valence-corrected chi connectivity index (χ2v) is 3.27. The van der Waals surface area contributed by atoms with E-state index < -0.39 is 0 Å². The highest BCUT2D eigenvalue weighted by Gasteiger charge is 2.14. The summed E-state index contributed by atoms with van der Waals surface area (Å²) in [4.78, 5) is 14.9. The minimum atomic E-state index is 0.00361. The van der Waals surface area contributed by atoms with Gasteiger partial charge in [0, 0.05) is 20.6 Å². The number of hydrogen-bond acceptors (Lipinski definition) is 2. The third kappa shape index (κ3) is 2.52. The number of amides is 2. The van der Waals surface area contributed by atoms with E-state index in [1.807, 2.05) is 19.1 Å². The summed E-state index contributed by atoms with van der Waals surface area (Å²) >= 11 is 0. The zero-order valence-corrected chi connectivity index (χ0v) is 8.86. The molecule has 4 heteroatoms. The predicted molar refractivity (Wildman–Crippen MR) is 53.9 cm³/mol.